The number of amides is 2. The molecule has 7 heteroatoms. The van der Waals surface area contributed by atoms with Crippen LogP contribution >= 0.6 is 0 Å². The highest BCUT2D eigenvalue weighted by Gasteiger charge is 2.51. The summed E-state index contributed by atoms with van der Waals surface area (Å²) in [6.07, 6.45) is 9.38. The van der Waals surface area contributed by atoms with Gasteiger partial charge in [-0.2, -0.15) is 0 Å². The summed E-state index contributed by atoms with van der Waals surface area (Å²) < 4.78 is 7.47. The normalized spacial score (nSPS) is 25.1. The van der Waals surface area contributed by atoms with E-state index in [0.29, 0.717) is 19.8 Å². The highest BCUT2D eigenvalue weighted by Crippen LogP contribution is 2.45. The minimum absolute atomic E-state index is 0.0270. The number of nitrogens with zero attached hydrogens (tertiary/aromatic N) is 4. The molecule has 1 aromatic heterocycles. The monoisotopic (exact) mass is 374 g/mol. The van der Waals surface area contributed by atoms with Gasteiger partial charge in [0, 0.05) is 50.7 Å². The van der Waals surface area contributed by atoms with Crippen LogP contribution in [0.15, 0.2) is 12.4 Å². The zero-order valence-corrected chi connectivity index (χ0v) is 16.2. The second-order valence-corrected chi connectivity index (χ2v) is 8.20. The maximum Gasteiger partial charge on any atom is 0.245 e. The van der Waals surface area contributed by atoms with Gasteiger partial charge >= 0.3 is 0 Å². The first-order chi connectivity index (χ1) is 13.1. The fraction of sp³-hybridized carbons (Fsp3) is 0.750. The molecular weight excluding hydrogens is 344 g/mol. The predicted molar refractivity (Wildman–Crippen MR) is 100.0 cm³/mol. The number of piperidine rings is 1. The summed E-state index contributed by atoms with van der Waals surface area (Å²) in [5, 5.41) is 0. The Hall–Kier alpha value is -1.89. The number of hydrogen-bond donors (Lipinski definition) is 0. The van der Waals surface area contributed by atoms with Crippen LogP contribution in [0.3, 0.4) is 0 Å². The van der Waals surface area contributed by atoms with Crippen molar-refractivity contribution in [1.82, 2.24) is 19.4 Å². The number of rotatable bonds is 3. The molecule has 0 bridgehead atoms. The average Bonchev–Trinajstić information content (AvgIpc) is 3.34. The van der Waals surface area contributed by atoms with Gasteiger partial charge in [0.05, 0.1) is 0 Å². The minimum atomic E-state index is -0.343. The third kappa shape index (κ3) is 3.49. The molecule has 0 N–H and O–H groups in total. The number of likely N-dealkylation sites (tertiary alicyclic amines) is 2. The van der Waals surface area contributed by atoms with Crippen molar-refractivity contribution in [3.8, 4) is 0 Å². The Labute approximate surface area is 160 Å². The number of aryl methyl sites for hydroxylation is 1. The Kier molecular flexibility index (Phi) is 5.21. The molecule has 27 heavy (non-hydrogen) atoms. The molecule has 3 aliphatic heterocycles. The Bertz CT molecular complexity index is 684. The molecule has 2 amide bonds. The molecule has 3 saturated heterocycles. The van der Waals surface area contributed by atoms with Gasteiger partial charge in [-0.1, -0.05) is 0 Å². The molecule has 1 aromatic rings. The molecule has 0 radical (unpaired) electrons. The summed E-state index contributed by atoms with van der Waals surface area (Å²) in [5.74, 6) is 1.01. The Morgan fingerprint density at radius 3 is 2.56 bits per heavy atom. The molecule has 3 fully saturated rings. The first-order valence-electron chi connectivity index (χ1n) is 10.2. The van der Waals surface area contributed by atoms with E-state index in [2.05, 4.69) is 4.98 Å². The third-order valence-corrected chi connectivity index (χ3v) is 6.66. The number of ether oxygens (including phenoxy) is 1. The van der Waals surface area contributed by atoms with Crippen molar-refractivity contribution in [1.29, 1.82) is 0 Å². The molecule has 1 unspecified atom stereocenters. The van der Waals surface area contributed by atoms with Crippen molar-refractivity contribution >= 4 is 11.8 Å². The maximum absolute atomic E-state index is 13.5. The van der Waals surface area contributed by atoms with Crippen LogP contribution in [-0.4, -0.2) is 70.1 Å². The third-order valence-electron chi connectivity index (χ3n) is 6.66. The van der Waals surface area contributed by atoms with Gasteiger partial charge in [0.15, 0.2) is 0 Å². The van der Waals surface area contributed by atoms with Crippen LogP contribution in [0.2, 0.25) is 0 Å². The van der Waals surface area contributed by atoms with Gasteiger partial charge in [-0.3, -0.25) is 9.59 Å². The van der Waals surface area contributed by atoms with Crippen molar-refractivity contribution < 1.29 is 14.3 Å². The zero-order chi connectivity index (χ0) is 18.9. The van der Waals surface area contributed by atoms with Crippen molar-refractivity contribution in [3.05, 3.63) is 18.2 Å². The highest BCUT2D eigenvalue weighted by atomic mass is 16.5. The molecular formula is C20H30N4O3. The summed E-state index contributed by atoms with van der Waals surface area (Å²) in [6, 6.07) is -0.343. The van der Waals surface area contributed by atoms with Gasteiger partial charge in [0.1, 0.15) is 18.4 Å². The summed E-state index contributed by atoms with van der Waals surface area (Å²) in [7, 11) is 0. The summed E-state index contributed by atoms with van der Waals surface area (Å²) in [5.41, 5.74) is -0.129. The van der Waals surface area contributed by atoms with Crippen LogP contribution in [0, 0.1) is 12.3 Å². The standard InChI is InChI=1S/C20H30N4O3/c1-16-21-8-12-23(16)15-17(25)24-11-4-5-20(6-13-27-14-7-20)18(24)19(26)22-9-2-3-10-22/h8,12,18H,2-7,9-11,13-15H2,1H3. The second-order valence-electron chi connectivity index (χ2n) is 8.20. The molecule has 0 aromatic carbocycles. The van der Waals surface area contributed by atoms with Gasteiger partial charge in [-0.25, -0.2) is 4.98 Å². The number of carbonyl (C=O) groups is 2. The minimum Gasteiger partial charge on any atom is -0.381 e. The zero-order valence-electron chi connectivity index (χ0n) is 16.2. The van der Waals surface area contributed by atoms with Crippen molar-refractivity contribution in [2.24, 2.45) is 5.41 Å². The van der Waals surface area contributed by atoms with E-state index in [-0.39, 0.29) is 29.8 Å². The van der Waals surface area contributed by atoms with Crippen LogP contribution in [0.1, 0.15) is 44.3 Å². The first kappa shape index (κ1) is 18.5. The summed E-state index contributed by atoms with van der Waals surface area (Å²) >= 11 is 0. The second kappa shape index (κ2) is 7.62. The lowest BCUT2D eigenvalue weighted by Gasteiger charge is -2.51. The van der Waals surface area contributed by atoms with E-state index >= 15 is 0 Å². The summed E-state index contributed by atoms with van der Waals surface area (Å²) in [6.45, 7) is 5.84. The SMILES string of the molecule is Cc1nccn1CC(=O)N1CCCC2(CCOCC2)C1C(=O)N1CCCC1. The van der Waals surface area contributed by atoms with E-state index < -0.39 is 0 Å². The molecule has 4 rings (SSSR count). The fourth-order valence-corrected chi connectivity index (χ4v) is 5.08. The van der Waals surface area contributed by atoms with Crippen molar-refractivity contribution in [2.75, 3.05) is 32.8 Å². The predicted octanol–water partition coefficient (Wildman–Crippen LogP) is 1.60. The lowest BCUT2D eigenvalue weighted by atomic mass is 9.67. The first-order valence-corrected chi connectivity index (χ1v) is 10.2. The van der Waals surface area contributed by atoms with E-state index in [1.165, 1.54) is 0 Å². The van der Waals surface area contributed by atoms with Crippen LogP contribution < -0.4 is 0 Å². The molecule has 1 spiro atoms. The van der Waals surface area contributed by atoms with Crippen LogP contribution in [0.25, 0.3) is 0 Å². The summed E-state index contributed by atoms with van der Waals surface area (Å²) in [4.78, 5) is 34.9. The number of hydrogen-bond acceptors (Lipinski definition) is 4. The maximum atomic E-state index is 13.5. The molecule has 7 nitrogen and oxygen atoms in total. The lowest BCUT2D eigenvalue weighted by molar-refractivity contribution is -0.160. The molecule has 0 saturated carbocycles. The van der Waals surface area contributed by atoms with Gasteiger partial charge in [0.2, 0.25) is 11.8 Å². The molecule has 148 valence electrons. The van der Waals surface area contributed by atoms with Crippen LogP contribution in [0.4, 0.5) is 0 Å². The number of imidazole rings is 1. The number of carbonyl (C=O) groups excluding carboxylic acids is 2. The fourth-order valence-electron chi connectivity index (χ4n) is 5.08. The van der Waals surface area contributed by atoms with E-state index in [1.807, 2.05) is 27.5 Å². The van der Waals surface area contributed by atoms with Gasteiger partial charge in [-0.15, -0.1) is 0 Å². The molecule has 0 aliphatic carbocycles. The average molecular weight is 374 g/mol. The van der Waals surface area contributed by atoms with Gasteiger partial charge in [0.25, 0.3) is 0 Å². The largest absolute Gasteiger partial charge is 0.381 e. The Morgan fingerprint density at radius 2 is 1.89 bits per heavy atom. The van der Waals surface area contributed by atoms with Crippen molar-refractivity contribution in [2.45, 2.75) is 58.0 Å². The molecule has 4 heterocycles. The van der Waals surface area contributed by atoms with E-state index in [4.69, 9.17) is 4.74 Å². The van der Waals surface area contributed by atoms with Crippen molar-refractivity contribution in [3.63, 3.8) is 0 Å². The van der Waals surface area contributed by atoms with E-state index in [9.17, 15) is 9.59 Å². The Morgan fingerprint density at radius 1 is 1.15 bits per heavy atom. The molecule has 1 atom stereocenters. The van der Waals surface area contributed by atoms with Gasteiger partial charge < -0.3 is 19.1 Å². The van der Waals surface area contributed by atoms with Crippen LogP contribution in [-0.2, 0) is 20.9 Å². The topological polar surface area (TPSA) is 67.7 Å². The number of aromatic nitrogens is 2. The smallest absolute Gasteiger partial charge is 0.245 e. The lowest BCUT2D eigenvalue weighted by Crippen LogP contribution is -2.63. The van der Waals surface area contributed by atoms with Crippen LogP contribution in [0.5, 0.6) is 0 Å². The van der Waals surface area contributed by atoms with Gasteiger partial charge in [-0.05, 0) is 45.4 Å². The van der Waals surface area contributed by atoms with E-state index in [1.54, 1.807) is 6.20 Å². The Balaban J connectivity index is 1.61. The highest BCUT2D eigenvalue weighted by molar-refractivity contribution is 5.89. The quantitative estimate of drug-likeness (QED) is 0.806. The van der Waals surface area contributed by atoms with E-state index in [0.717, 1.165) is 57.4 Å². The molecule has 3 aliphatic rings.